The van der Waals surface area contributed by atoms with Gasteiger partial charge in [0.15, 0.2) is 6.29 Å². The highest BCUT2D eigenvalue weighted by molar-refractivity contribution is 9.11. The van der Waals surface area contributed by atoms with Gasteiger partial charge in [0.25, 0.3) is 0 Å². The van der Waals surface area contributed by atoms with Crippen molar-refractivity contribution in [3.63, 3.8) is 0 Å². The number of hydrogen-bond donors (Lipinski definition) is 2. The first-order valence-corrected chi connectivity index (χ1v) is 52.8. The van der Waals surface area contributed by atoms with Crippen LogP contribution in [0.3, 0.4) is 0 Å². The first-order valence-electron chi connectivity index (χ1n) is 51.2. The summed E-state index contributed by atoms with van der Waals surface area (Å²) in [4.78, 5) is 0. The Morgan fingerprint density at radius 3 is 0.911 bits per heavy atom. The lowest BCUT2D eigenvalue weighted by molar-refractivity contribution is -0.105. The molecule has 0 bridgehead atoms. The van der Waals surface area contributed by atoms with Crippen LogP contribution in [0.25, 0.3) is 105 Å². The van der Waals surface area contributed by atoms with E-state index < -0.39 is 42.2 Å². The lowest BCUT2D eigenvalue weighted by atomic mass is 9.77. The molecule has 0 amide bonds. The second-order valence-corrected chi connectivity index (χ2v) is 49.3. The zero-order valence-corrected chi connectivity index (χ0v) is 93.4. The molecule has 2 N–H and O–H groups in total. The molecule has 2 aliphatic heterocycles. The number of nitrogens with zero attached hydrogens (tertiary/aromatic N) is 3. The molecule has 18 rings (SSSR count). The number of aryl methyl sites for hydroxylation is 3. The van der Waals surface area contributed by atoms with Crippen LogP contribution in [0.15, 0.2) is 227 Å². The van der Waals surface area contributed by atoms with Crippen molar-refractivity contribution in [1.82, 2.24) is 13.7 Å². The summed E-state index contributed by atoms with van der Waals surface area (Å²) >= 11 is 6.55. The monoisotopic (exact) mass is 2100 g/mol. The van der Waals surface area contributed by atoms with Crippen molar-refractivity contribution >= 4 is 110 Å². The van der Waals surface area contributed by atoms with Crippen LogP contribution in [-0.4, -0.2) is 79.5 Å². The van der Waals surface area contributed by atoms with Crippen molar-refractivity contribution in [2.45, 2.75) is 307 Å². The molecule has 2 fully saturated rings. The third-order valence-electron chi connectivity index (χ3n) is 28.7. The summed E-state index contributed by atoms with van der Waals surface area (Å²) in [5.74, 6) is 1.12. The van der Waals surface area contributed by atoms with Gasteiger partial charge in [0.1, 0.15) is 63.5 Å². The highest BCUT2D eigenvalue weighted by atomic mass is 79.9. The minimum atomic E-state index is -0.565. The molecule has 0 radical (unpaired) electrons. The minimum Gasteiger partial charge on any atom is -0.505 e. The predicted molar refractivity (Wildman–Crippen MR) is 601 cm³/mol. The van der Waals surface area contributed by atoms with Crippen LogP contribution in [0.4, 0.5) is 17.6 Å². The molecule has 1 unspecified atom stereocenters. The molecular weight excluding hydrogens is 1960 g/mol. The predicted octanol–water partition coefficient (Wildman–Crippen LogP) is 34.3. The number of rotatable bonds is 20. The van der Waals surface area contributed by atoms with Crippen LogP contribution in [0.2, 0.25) is 0 Å². The molecule has 2 aliphatic rings. The number of ether oxygens (including phenoxy) is 6. The lowest BCUT2D eigenvalue weighted by Gasteiger charge is -2.32. The largest absolute Gasteiger partial charge is 0.505 e. The van der Waals surface area contributed by atoms with Gasteiger partial charge in [0.05, 0.1) is 101 Å². The summed E-state index contributed by atoms with van der Waals surface area (Å²) in [6.07, 6.45) is 2.48. The van der Waals surface area contributed by atoms with Gasteiger partial charge in [0, 0.05) is 79.3 Å². The maximum atomic E-state index is 15.5. The molecule has 146 heavy (non-hydrogen) atoms. The van der Waals surface area contributed by atoms with E-state index in [1.54, 1.807) is 24.3 Å². The quantitative estimate of drug-likeness (QED) is 0.0562. The highest BCUT2D eigenvalue weighted by Crippen LogP contribution is 2.51. The summed E-state index contributed by atoms with van der Waals surface area (Å²) < 4.78 is 116. The zero-order valence-electron chi connectivity index (χ0n) is 90.3. The summed E-state index contributed by atoms with van der Waals surface area (Å²) in [6.45, 7) is 63.1. The van der Waals surface area contributed by atoms with E-state index in [9.17, 15) is 19.0 Å². The van der Waals surface area contributed by atoms with Crippen molar-refractivity contribution in [1.29, 1.82) is 0 Å². The fraction of sp³-hybridized carbons (Fsp3) is 0.381. The SMILES string of the molecule is C[C@H](C[C@@H](C)Oc1ccc(F)cc1Br)Oc1ccc(F)cc1Br.Cc1cc(-c2cc(F)ccc2O[C@H](C)C[C@@H](C)Oc2ccc(F)cc2-c2cc(C)cc(-n3c4ccc(C(C)(C)C)cc4c4cc(C(C)(C)C)ccc43)c2O)c(O)c(-n2c3ccc(C(C)(C)C)cc3c3cc(C(C)(C)C)ccc32)c1.Cc1cc(B2OC(C)(C)C(C)(C)O2)c(OC2CCCCO2)c(-n2c3ccc(C(C)(C)C)cc3c3cc(C(C)(C)C)ccc32)c1. The number of aromatic hydroxyl groups is 2. The molecule has 5 atom stereocenters. The van der Waals surface area contributed by atoms with Gasteiger partial charge in [-0.15, -0.1) is 0 Å². The van der Waals surface area contributed by atoms with E-state index in [0.717, 1.165) is 107 Å². The molecule has 766 valence electrons. The highest BCUT2D eigenvalue weighted by Gasteiger charge is 2.53. The average Bonchev–Trinajstić information content (AvgIpc) is 1.58. The maximum absolute atomic E-state index is 15.5. The molecule has 13 nitrogen and oxygen atoms in total. The first kappa shape index (κ1) is 107. The number of fused-ring (bicyclic) bond motifs is 9. The van der Waals surface area contributed by atoms with Gasteiger partial charge in [-0.25, -0.2) is 17.6 Å². The number of halogens is 6. The standard InChI is InChI=1S/C71H76F2N2O4.C38H50BNO4.C17H16Br2F2O2/c1-40-29-56(66(76)62(31-40)74-58-23-17-44(68(5,6)7)34-50(58)51-35-45(69(8,9)10)18-24-59(51)74)54-38-48(72)21-27-64(54)78-42(3)33-43(4)79-65-28-22-49(73)39-55(65)57-30-41(2)32-63(67(57)77)75-60-25-19-46(70(11,12)13)36-52(60)53-37-47(71(14,15)16)20-26-61(53)75;1-24-20-29(39-43-37(8,9)38(10,11)44-39)34(42-33-14-12-13-19-41-33)32(21-24)40-30-17-15-25(35(2,3)4)22-27(30)28-23-26(36(5,6)7)16-18-31(28)40;1-10(22-16-5-3-12(20)8-14(16)18)7-11(2)23-17-6-4-13(21)9-15(17)19/h17-32,34-39,42-43,76-77H,33H2,1-16H3;15-18,20-23,33H,12-14,19H2,1-11H3;3-6,8-11H,7H2,1-2H3/t42-,43-;;10-,11-/m1.1/s1. The van der Waals surface area contributed by atoms with Crippen LogP contribution in [0.1, 0.15) is 262 Å². The molecule has 5 heterocycles. The third-order valence-corrected chi connectivity index (χ3v) is 30.0. The fourth-order valence-corrected chi connectivity index (χ4v) is 20.7. The summed E-state index contributed by atoms with van der Waals surface area (Å²) in [7, 11) is -0.565. The molecule has 2 saturated heterocycles. The van der Waals surface area contributed by atoms with Gasteiger partial charge in [0.2, 0.25) is 0 Å². The number of aromatic nitrogens is 3. The van der Waals surface area contributed by atoms with E-state index in [-0.39, 0.29) is 74.1 Å². The van der Waals surface area contributed by atoms with Gasteiger partial charge >= 0.3 is 7.12 Å². The number of phenolic OH excluding ortho intramolecular Hbond substituents is 2. The van der Waals surface area contributed by atoms with Gasteiger partial charge < -0.3 is 61.6 Å². The molecular formula is C126H142BBr2F4N3O10. The molecule has 3 aromatic heterocycles. The Morgan fingerprint density at radius 1 is 0.349 bits per heavy atom. The van der Waals surface area contributed by atoms with Gasteiger partial charge in [-0.3, -0.25) is 0 Å². The minimum absolute atomic E-state index is 0.00195. The zero-order chi connectivity index (χ0) is 106. The normalized spacial score (nSPS) is 15.6. The Kier molecular flexibility index (Phi) is 30.0. The van der Waals surface area contributed by atoms with Crippen LogP contribution in [-0.2, 0) is 46.5 Å². The number of benzene rings is 13. The Balaban J connectivity index is 0.000000188. The first-order chi connectivity index (χ1) is 68.3. The second kappa shape index (κ2) is 40.9. The number of phenols is 2. The summed E-state index contributed by atoms with van der Waals surface area (Å²) in [6, 6.07) is 69.6. The van der Waals surface area contributed by atoms with Crippen molar-refractivity contribution in [3.05, 3.63) is 301 Å². The Bertz CT molecular complexity index is 7100. The van der Waals surface area contributed by atoms with E-state index in [0.29, 0.717) is 85.0 Å². The number of hydrogen-bond acceptors (Lipinski definition) is 10. The van der Waals surface area contributed by atoms with Crippen molar-refractivity contribution in [2.24, 2.45) is 0 Å². The Hall–Kier alpha value is -11.5. The van der Waals surface area contributed by atoms with Crippen molar-refractivity contribution in [3.8, 4) is 79.6 Å². The summed E-state index contributed by atoms with van der Waals surface area (Å²) in [5, 5.41) is 31.9. The van der Waals surface area contributed by atoms with Gasteiger partial charge in [-0.05, 0) is 379 Å². The molecule has 20 heteroatoms. The summed E-state index contributed by atoms with van der Waals surface area (Å²) in [5.41, 5.74) is 20.0. The van der Waals surface area contributed by atoms with Gasteiger partial charge in [-0.1, -0.05) is 167 Å². The third kappa shape index (κ3) is 22.7. The molecule has 16 aromatic rings. The molecule has 0 saturated carbocycles. The average molecular weight is 2110 g/mol. The van der Waals surface area contributed by atoms with Crippen LogP contribution >= 0.6 is 31.9 Å². The van der Waals surface area contributed by atoms with Gasteiger partial charge in [-0.2, -0.15) is 0 Å². The lowest BCUT2D eigenvalue weighted by Crippen LogP contribution is -2.41. The van der Waals surface area contributed by atoms with Crippen molar-refractivity contribution < 1.29 is 65.5 Å². The van der Waals surface area contributed by atoms with E-state index in [1.807, 2.05) is 65.8 Å². The Morgan fingerprint density at radius 2 is 0.623 bits per heavy atom. The van der Waals surface area contributed by atoms with E-state index in [2.05, 4.69) is 326 Å². The van der Waals surface area contributed by atoms with Crippen LogP contribution in [0.5, 0.6) is 40.2 Å². The van der Waals surface area contributed by atoms with E-state index in [1.165, 1.54) is 92.7 Å². The smallest absolute Gasteiger partial charge is 0.498 e. The molecule has 0 spiro atoms. The second-order valence-electron chi connectivity index (χ2n) is 47.6. The van der Waals surface area contributed by atoms with Crippen LogP contribution in [0, 0.1) is 44.0 Å². The maximum Gasteiger partial charge on any atom is 0.498 e. The van der Waals surface area contributed by atoms with E-state index in [4.69, 9.17) is 37.7 Å². The Labute approximate surface area is 877 Å². The molecule has 13 aromatic carbocycles. The molecule has 0 aliphatic carbocycles. The van der Waals surface area contributed by atoms with Crippen LogP contribution < -0.4 is 29.1 Å². The van der Waals surface area contributed by atoms with Crippen molar-refractivity contribution in [2.75, 3.05) is 6.61 Å². The van der Waals surface area contributed by atoms with E-state index >= 15 is 8.78 Å². The topological polar surface area (TPSA) is 129 Å². The fourth-order valence-electron chi connectivity index (χ4n) is 19.8.